The molecule has 1 aliphatic heterocycles. The quantitative estimate of drug-likeness (QED) is 0.540. The summed E-state index contributed by atoms with van der Waals surface area (Å²) in [6.45, 7) is 7.41. The van der Waals surface area contributed by atoms with Gasteiger partial charge in [0, 0.05) is 42.5 Å². The van der Waals surface area contributed by atoms with E-state index in [2.05, 4.69) is 51.5 Å². The van der Waals surface area contributed by atoms with Crippen LogP contribution in [-0.2, 0) is 10.8 Å². The number of nitrogens with zero attached hydrogens (tertiary/aromatic N) is 3. The summed E-state index contributed by atoms with van der Waals surface area (Å²) in [5.74, 6) is 2.39. The molecule has 156 valence electrons. The third kappa shape index (κ3) is 6.56. The van der Waals surface area contributed by atoms with Crippen molar-refractivity contribution in [2.75, 3.05) is 36.8 Å². The summed E-state index contributed by atoms with van der Waals surface area (Å²) in [7, 11) is -1.01. The normalized spacial score (nSPS) is 16.5. The van der Waals surface area contributed by atoms with Crippen LogP contribution in [0.5, 0.6) is 0 Å². The Kier molecular flexibility index (Phi) is 8.04. The average molecular weight is 414 g/mol. The van der Waals surface area contributed by atoms with Gasteiger partial charge >= 0.3 is 0 Å². The highest BCUT2D eigenvalue weighted by atomic mass is 32.2. The number of piperidine rings is 1. The van der Waals surface area contributed by atoms with Crippen molar-refractivity contribution in [2.24, 2.45) is 4.99 Å². The Bertz CT molecular complexity index is 802. The first-order chi connectivity index (χ1) is 14.2. The van der Waals surface area contributed by atoms with Crippen LogP contribution in [0, 0.1) is 6.92 Å². The fourth-order valence-electron chi connectivity index (χ4n) is 3.34. The van der Waals surface area contributed by atoms with Crippen molar-refractivity contribution in [3.8, 4) is 0 Å². The Labute approximate surface area is 176 Å². The fraction of sp³-hybridized carbons (Fsp3) is 0.455. The Morgan fingerprint density at radius 1 is 1.21 bits per heavy atom. The molecule has 1 aromatic carbocycles. The molecule has 1 aliphatic rings. The molecule has 0 radical (unpaired) electrons. The molecule has 2 aromatic rings. The molecule has 2 N–H and O–H groups in total. The zero-order valence-electron chi connectivity index (χ0n) is 17.3. The maximum absolute atomic E-state index is 12.4. The van der Waals surface area contributed by atoms with Crippen molar-refractivity contribution in [2.45, 2.75) is 37.6 Å². The first-order valence-corrected chi connectivity index (χ1v) is 11.6. The minimum Gasteiger partial charge on any atom is -0.357 e. The van der Waals surface area contributed by atoms with Crippen molar-refractivity contribution in [3.63, 3.8) is 0 Å². The van der Waals surface area contributed by atoms with Gasteiger partial charge in [-0.05, 0) is 50.5 Å². The fourth-order valence-corrected chi connectivity index (χ4v) is 4.30. The summed E-state index contributed by atoms with van der Waals surface area (Å²) in [4.78, 5) is 12.4. The summed E-state index contributed by atoms with van der Waals surface area (Å²) in [6.07, 6.45) is 4.00. The second-order valence-electron chi connectivity index (χ2n) is 7.22. The molecule has 1 unspecified atom stereocenters. The summed E-state index contributed by atoms with van der Waals surface area (Å²) in [5, 5.41) is 6.85. The number of aryl methyl sites for hydroxylation is 1. The molecule has 1 atom stereocenters. The minimum atomic E-state index is -1.01. The van der Waals surface area contributed by atoms with Gasteiger partial charge in [-0.3, -0.25) is 9.20 Å². The lowest BCUT2D eigenvalue weighted by molar-refractivity contribution is 0.459. The standard InChI is InChI=1S/C22H31N5OS/c1-3-23-22(24-13-16-29(28)20-7-5-4-6-8-20)26-19-11-14-27(15-12-19)21-10-9-18(2)17-25-21/h4-10,17,19H,3,11-16H2,1-2H3,(H2,23,24,26). The van der Waals surface area contributed by atoms with Crippen LogP contribution in [0.1, 0.15) is 25.3 Å². The molecule has 0 aliphatic carbocycles. The molecule has 3 rings (SSSR count). The second-order valence-corrected chi connectivity index (χ2v) is 8.79. The molecule has 1 aromatic heterocycles. The Morgan fingerprint density at radius 3 is 2.62 bits per heavy atom. The van der Waals surface area contributed by atoms with Gasteiger partial charge in [0.15, 0.2) is 5.96 Å². The number of hydrogen-bond acceptors (Lipinski definition) is 4. The van der Waals surface area contributed by atoms with E-state index < -0.39 is 10.8 Å². The number of benzene rings is 1. The molecule has 0 amide bonds. The average Bonchev–Trinajstić information content (AvgIpc) is 2.75. The number of aromatic nitrogens is 1. The van der Waals surface area contributed by atoms with E-state index in [4.69, 9.17) is 0 Å². The van der Waals surface area contributed by atoms with Crippen LogP contribution in [0.15, 0.2) is 58.5 Å². The highest BCUT2D eigenvalue weighted by Gasteiger charge is 2.20. The molecule has 0 bridgehead atoms. The van der Waals surface area contributed by atoms with Gasteiger partial charge in [0.2, 0.25) is 0 Å². The molecular weight excluding hydrogens is 382 g/mol. The SMILES string of the molecule is CCNC(=NCCS(=O)c1ccccc1)NC1CCN(c2ccc(C)cn2)CC1. The molecule has 29 heavy (non-hydrogen) atoms. The number of anilines is 1. The third-order valence-electron chi connectivity index (χ3n) is 4.95. The van der Waals surface area contributed by atoms with E-state index in [1.54, 1.807) is 0 Å². The lowest BCUT2D eigenvalue weighted by Crippen LogP contribution is -2.49. The predicted octanol–water partition coefficient (Wildman–Crippen LogP) is 2.72. The van der Waals surface area contributed by atoms with E-state index in [0.29, 0.717) is 18.3 Å². The van der Waals surface area contributed by atoms with Gasteiger partial charge in [-0.2, -0.15) is 0 Å². The van der Waals surface area contributed by atoms with Gasteiger partial charge in [0.25, 0.3) is 0 Å². The molecule has 0 saturated carbocycles. The molecule has 1 saturated heterocycles. The number of rotatable bonds is 7. The highest BCUT2D eigenvalue weighted by Crippen LogP contribution is 2.18. The van der Waals surface area contributed by atoms with Gasteiger partial charge in [-0.25, -0.2) is 4.98 Å². The monoisotopic (exact) mass is 413 g/mol. The molecular formula is C22H31N5OS. The lowest BCUT2D eigenvalue weighted by Gasteiger charge is -2.33. The van der Waals surface area contributed by atoms with E-state index >= 15 is 0 Å². The highest BCUT2D eigenvalue weighted by molar-refractivity contribution is 7.85. The summed E-state index contributed by atoms with van der Waals surface area (Å²) >= 11 is 0. The van der Waals surface area contributed by atoms with Crippen LogP contribution in [0.25, 0.3) is 0 Å². The second kappa shape index (κ2) is 11.0. The molecule has 0 spiro atoms. The van der Waals surface area contributed by atoms with Crippen molar-refractivity contribution in [1.82, 2.24) is 15.6 Å². The number of guanidine groups is 1. The Balaban J connectivity index is 1.48. The first kappa shape index (κ1) is 21.3. The maximum atomic E-state index is 12.4. The number of nitrogens with one attached hydrogen (secondary N) is 2. The minimum absolute atomic E-state index is 0.383. The van der Waals surface area contributed by atoms with Gasteiger partial charge in [0.1, 0.15) is 5.82 Å². The third-order valence-corrected chi connectivity index (χ3v) is 6.30. The van der Waals surface area contributed by atoms with Crippen molar-refractivity contribution in [1.29, 1.82) is 0 Å². The van der Waals surface area contributed by atoms with Gasteiger partial charge in [-0.1, -0.05) is 24.3 Å². The van der Waals surface area contributed by atoms with Gasteiger partial charge in [0.05, 0.1) is 17.3 Å². The van der Waals surface area contributed by atoms with Gasteiger partial charge in [-0.15, -0.1) is 0 Å². The zero-order chi connectivity index (χ0) is 20.5. The van der Waals surface area contributed by atoms with Crippen molar-refractivity contribution >= 4 is 22.6 Å². The van der Waals surface area contributed by atoms with E-state index in [0.717, 1.165) is 49.1 Å². The van der Waals surface area contributed by atoms with Crippen molar-refractivity contribution in [3.05, 3.63) is 54.2 Å². The Hall–Kier alpha value is -2.41. The number of hydrogen-bond donors (Lipinski definition) is 2. The maximum Gasteiger partial charge on any atom is 0.191 e. The zero-order valence-corrected chi connectivity index (χ0v) is 18.1. The first-order valence-electron chi connectivity index (χ1n) is 10.3. The summed E-state index contributed by atoms with van der Waals surface area (Å²) in [6, 6.07) is 14.2. The van der Waals surface area contributed by atoms with Crippen LogP contribution in [-0.4, -0.2) is 53.1 Å². The van der Waals surface area contributed by atoms with E-state index in [1.165, 1.54) is 5.56 Å². The van der Waals surface area contributed by atoms with Gasteiger partial charge < -0.3 is 15.5 Å². The van der Waals surface area contributed by atoms with Crippen LogP contribution in [0.2, 0.25) is 0 Å². The van der Waals surface area contributed by atoms with Crippen LogP contribution in [0.3, 0.4) is 0 Å². The number of pyridine rings is 1. The number of aliphatic imine (C=N–C) groups is 1. The molecule has 1 fully saturated rings. The molecule has 7 heteroatoms. The topological polar surface area (TPSA) is 69.6 Å². The lowest BCUT2D eigenvalue weighted by atomic mass is 10.1. The summed E-state index contributed by atoms with van der Waals surface area (Å²) < 4.78 is 12.4. The Morgan fingerprint density at radius 2 is 1.97 bits per heavy atom. The van der Waals surface area contributed by atoms with Crippen LogP contribution in [0.4, 0.5) is 5.82 Å². The largest absolute Gasteiger partial charge is 0.357 e. The van der Waals surface area contributed by atoms with E-state index in [-0.39, 0.29) is 0 Å². The molecule has 2 heterocycles. The van der Waals surface area contributed by atoms with E-state index in [9.17, 15) is 4.21 Å². The molecule has 6 nitrogen and oxygen atoms in total. The summed E-state index contributed by atoms with van der Waals surface area (Å²) in [5.41, 5.74) is 1.19. The van der Waals surface area contributed by atoms with E-state index in [1.807, 2.05) is 36.5 Å². The van der Waals surface area contributed by atoms with Crippen LogP contribution < -0.4 is 15.5 Å². The smallest absolute Gasteiger partial charge is 0.191 e. The predicted molar refractivity (Wildman–Crippen MR) is 121 cm³/mol. The van der Waals surface area contributed by atoms with Crippen LogP contribution >= 0.6 is 0 Å². The van der Waals surface area contributed by atoms with Crippen molar-refractivity contribution < 1.29 is 4.21 Å².